The Bertz CT molecular complexity index is 585. The number of nitrogens with zero attached hydrogens (tertiary/aromatic N) is 1. The Labute approximate surface area is 266 Å². The van der Waals surface area contributed by atoms with Crippen LogP contribution in [-0.4, -0.2) is 42.0 Å². The number of ether oxygens (including phenoxy) is 1. The molecule has 0 aromatic heterocycles. The quantitative estimate of drug-likeness (QED) is 0.0709. The van der Waals surface area contributed by atoms with Crippen LogP contribution in [0.2, 0.25) is 0 Å². The van der Waals surface area contributed by atoms with Gasteiger partial charge in [0.2, 0.25) is 0 Å². The third-order valence-electron chi connectivity index (χ3n) is 9.74. The van der Waals surface area contributed by atoms with Gasteiger partial charge in [0, 0.05) is 18.6 Å². The highest BCUT2D eigenvalue weighted by molar-refractivity contribution is 5.86. The summed E-state index contributed by atoms with van der Waals surface area (Å²) in [4.78, 5) is 15.3. The smallest absolute Gasteiger partial charge is 0.164 e. The van der Waals surface area contributed by atoms with Crippen LogP contribution in [0, 0.1) is 0 Å². The van der Waals surface area contributed by atoms with E-state index in [0.29, 0.717) is 13.0 Å². The first-order valence-electron chi connectivity index (χ1n) is 19.1. The Morgan fingerprint density at radius 2 is 0.857 bits per heavy atom. The fraction of sp³-hybridized carbons (Fsp3) is 0.974. The summed E-state index contributed by atoms with van der Waals surface area (Å²) in [7, 11) is 2.26. The Hall–Kier alpha value is -0.410. The van der Waals surface area contributed by atoms with Gasteiger partial charge in [-0.15, -0.1) is 0 Å². The van der Waals surface area contributed by atoms with Crippen molar-refractivity contribution in [3.63, 3.8) is 0 Å². The molecule has 0 unspecified atom stereocenters. The largest absolute Gasteiger partial charge is 0.368 e. The number of carbonyl (C=O) groups excluding carboxylic acids is 1. The molecule has 0 saturated carbocycles. The predicted octanol–water partition coefficient (Wildman–Crippen LogP) is 12.6. The third-order valence-corrected chi connectivity index (χ3v) is 9.74. The molecule has 3 nitrogen and oxygen atoms in total. The molecule has 0 amide bonds. The second-order valence-corrected chi connectivity index (χ2v) is 14.6. The van der Waals surface area contributed by atoms with Gasteiger partial charge >= 0.3 is 0 Å². The Morgan fingerprint density at radius 3 is 1.24 bits per heavy atom. The number of hydrogen-bond donors (Lipinski definition) is 0. The van der Waals surface area contributed by atoms with Crippen molar-refractivity contribution in [2.45, 2.75) is 226 Å². The molecule has 0 aliphatic heterocycles. The van der Waals surface area contributed by atoms with Crippen molar-refractivity contribution in [2.24, 2.45) is 0 Å². The molecule has 0 atom stereocenters. The van der Waals surface area contributed by atoms with Crippen molar-refractivity contribution < 1.29 is 9.53 Å². The van der Waals surface area contributed by atoms with E-state index >= 15 is 0 Å². The third kappa shape index (κ3) is 25.0. The average molecular weight is 594 g/mol. The summed E-state index contributed by atoms with van der Waals surface area (Å²) >= 11 is 0. The van der Waals surface area contributed by atoms with Gasteiger partial charge in [-0.1, -0.05) is 162 Å². The zero-order chi connectivity index (χ0) is 31.4. The van der Waals surface area contributed by atoms with E-state index in [0.717, 1.165) is 19.4 Å². The molecule has 0 N–H and O–H groups in total. The van der Waals surface area contributed by atoms with E-state index in [-0.39, 0.29) is 11.3 Å². The Kier molecular flexibility index (Phi) is 27.8. The second kappa shape index (κ2) is 28.1. The predicted molar refractivity (Wildman–Crippen MR) is 188 cm³/mol. The van der Waals surface area contributed by atoms with Crippen molar-refractivity contribution in [3.8, 4) is 0 Å². The Morgan fingerprint density at radius 1 is 0.524 bits per heavy atom. The monoisotopic (exact) mass is 594 g/mol. The molecular formula is C39H79NO2. The number of carbonyl (C=O) groups is 1. The maximum atomic E-state index is 12.8. The van der Waals surface area contributed by atoms with Crippen LogP contribution >= 0.6 is 0 Å². The van der Waals surface area contributed by atoms with Gasteiger partial charge in [0.15, 0.2) is 5.78 Å². The first-order valence-corrected chi connectivity index (χ1v) is 19.1. The van der Waals surface area contributed by atoms with Crippen molar-refractivity contribution >= 4 is 5.78 Å². The van der Waals surface area contributed by atoms with E-state index in [4.69, 9.17) is 4.74 Å². The number of hydrogen-bond acceptors (Lipinski definition) is 3. The minimum atomic E-state index is -0.664. The first-order chi connectivity index (χ1) is 20.2. The van der Waals surface area contributed by atoms with E-state index in [1.54, 1.807) is 0 Å². The minimum Gasteiger partial charge on any atom is -0.368 e. The molecule has 3 heteroatoms. The van der Waals surface area contributed by atoms with Gasteiger partial charge in [-0.25, -0.2) is 0 Å². The van der Waals surface area contributed by atoms with Crippen molar-refractivity contribution in [1.29, 1.82) is 0 Å². The van der Waals surface area contributed by atoms with Gasteiger partial charge in [0.05, 0.1) is 0 Å². The molecule has 0 aliphatic carbocycles. The molecule has 0 heterocycles. The lowest BCUT2D eigenvalue weighted by Crippen LogP contribution is -2.44. The van der Waals surface area contributed by atoms with Crippen LogP contribution in [0.3, 0.4) is 0 Å². The van der Waals surface area contributed by atoms with E-state index in [9.17, 15) is 4.79 Å². The standard InChI is InChI=1S/C39H79NO2/c1-8-10-12-14-16-18-19-20-21-22-23-24-26-28-30-32-35-40(7)38(3,4)34-36-42-39(5,6)37(41)33-31-29-27-25-17-15-13-11-9-2/h8-36H2,1-7H3. The normalized spacial score (nSPS) is 12.5. The van der Waals surface area contributed by atoms with Gasteiger partial charge in [0.1, 0.15) is 5.60 Å². The topological polar surface area (TPSA) is 29.5 Å². The molecule has 252 valence electrons. The number of Topliss-reactive ketones (excluding diaryl/α,β-unsaturated/α-hetero) is 1. The van der Waals surface area contributed by atoms with E-state index in [1.165, 1.54) is 154 Å². The summed E-state index contributed by atoms with van der Waals surface area (Å²) in [6.07, 6.45) is 35.8. The van der Waals surface area contributed by atoms with E-state index in [2.05, 4.69) is 39.6 Å². The van der Waals surface area contributed by atoms with Crippen LogP contribution in [0.1, 0.15) is 215 Å². The number of unbranched alkanes of at least 4 members (excludes halogenated alkanes) is 23. The van der Waals surface area contributed by atoms with Crippen molar-refractivity contribution in [2.75, 3.05) is 20.2 Å². The molecule has 0 bridgehead atoms. The highest BCUT2D eigenvalue weighted by Gasteiger charge is 2.29. The van der Waals surface area contributed by atoms with Crippen LogP contribution < -0.4 is 0 Å². The van der Waals surface area contributed by atoms with Crippen LogP contribution in [0.5, 0.6) is 0 Å². The van der Waals surface area contributed by atoms with Gasteiger partial charge < -0.3 is 9.64 Å². The molecule has 0 radical (unpaired) electrons. The maximum Gasteiger partial charge on any atom is 0.164 e. The van der Waals surface area contributed by atoms with E-state index in [1.807, 2.05) is 13.8 Å². The highest BCUT2D eigenvalue weighted by Crippen LogP contribution is 2.22. The summed E-state index contributed by atoms with van der Waals surface area (Å²) in [6, 6.07) is 0. The lowest BCUT2D eigenvalue weighted by molar-refractivity contribution is -0.141. The molecule has 0 spiro atoms. The molecule has 0 fully saturated rings. The minimum absolute atomic E-state index is 0.0891. The van der Waals surface area contributed by atoms with Crippen LogP contribution in [0.25, 0.3) is 0 Å². The summed E-state index contributed by atoms with van der Waals surface area (Å²) in [5.74, 6) is 0.268. The van der Waals surface area contributed by atoms with Crippen molar-refractivity contribution in [1.82, 2.24) is 4.90 Å². The molecule has 0 aliphatic rings. The van der Waals surface area contributed by atoms with Crippen LogP contribution in [0.15, 0.2) is 0 Å². The van der Waals surface area contributed by atoms with Gasteiger partial charge in [0.25, 0.3) is 0 Å². The Balaban J connectivity index is 3.76. The lowest BCUT2D eigenvalue weighted by atomic mass is 9.96. The number of rotatable bonds is 33. The lowest BCUT2D eigenvalue weighted by Gasteiger charge is -2.37. The highest BCUT2D eigenvalue weighted by atomic mass is 16.5. The van der Waals surface area contributed by atoms with Gasteiger partial charge in [-0.2, -0.15) is 0 Å². The molecule has 0 saturated heterocycles. The summed E-state index contributed by atoms with van der Waals surface area (Å²) in [5.41, 5.74) is -0.575. The molecule has 0 rings (SSSR count). The fourth-order valence-corrected chi connectivity index (χ4v) is 5.92. The maximum absolute atomic E-state index is 12.8. The fourth-order valence-electron chi connectivity index (χ4n) is 5.92. The number of ketones is 1. The first kappa shape index (κ1) is 41.6. The molecule has 0 aromatic rings. The average Bonchev–Trinajstić information content (AvgIpc) is 2.95. The summed E-state index contributed by atoms with van der Waals surface area (Å²) in [6.45, 7) is 14.9. The SMILES string of the molecule is CCCCCCCCCCCCCCCCCCN(C)C(C)(C)CCOC(C)(C)C(=O)CCCCCCCCCCC. The van der Waals surface area contributed by atoms with Gasteiger partial charge in [-0.3, -0.25) is 4.79 Å². The van der Waals surface area contributed by atoms with Gasteiger partial charge in [-0.05, 0) is 60.5 Å². The zero-order valence-electron chi connectivity index (χ0n) is 30.3. The molecule has 0 aromatic carbocycles. The molecule has 42 heavy (non-hydrogen) atoms. The summed E-state index contributed by atoms with van der Waals surface area (Å²) in [5, 5.41) is 0. The zero-order valence-corrected chi connectivity index (χ0v) is 30.3. The second-order valence-electron chi connectivity index (χ2n) is 14.6. The molecular weight excluding hydrogens is 514 g/mol. The summed E-state index contributed by atoms with van der Waals surface area (Å²) < 4.78 is 6.17. The van der Waals surface area contributed by atoms with Crippen LogP contribution in [-0.2, 0) is 9.53 Å². The van der Waals surface area contributed by atoms with Crippen molar-refractivity contribution in [3.05, 3.63) is 0 Å². The van der Waals surface area contributed by atoms with E-state index < -0.39 is 5.60 Å². The van der Waals surface area contributed by atoms with Crippen LogP contribution in [0.4, 0.5) is 0 Å².